The van der Waals surface area contributed by atoms with Crippen molar-refractivity contribution in [3.05, 3.63) is 130 Å². The molecule has 1 radical (unpaired) electrons. The van der Waals surface area contributed by atoms with Gasteiger partial charge in [0.15, 0.2) is 23.0 Å². The van der Waals surface area contributed by atoms with E-state index in [1.54, 1.807) is 24.5 Å². The van der Waals surface area contributed by atoms with Crippen LogP contribution in [0.5, 0.6) is 11.5 Å². The molecule has 0 aliphatic carbocycles. The molecule has 3 aromatic heterocycles. The van der Waals surface area contributed by atoms with E-state index in [9.17, 15) is 14.4 Å². The molecule has 1 unspecified atom stereocenters. The Morgan fingerprint density at radius 1 is 0.943 bits per heavy atom. The second kappa shape index (κ2) is 29.3. The number of nitrogens with zero attached hydrogens (tertiary/aromatic N) is 3. The number of esters is 1. The average Bonchev–Trinajstić information content (AvgIpc) is 3.61. The number of nitrogens with two attached hydrogens (primary N) is 1. The fourth-order valence-corrected chi connectivity index (χ4v) is 4.82. The molecule has 0 amide bonds. The van der Waals surface area contributed by atoms with Gasteiger partial charge in [-0.2, -0.15) is 0 Å². The summed E-state index contributed by atoms with van der Waals surface area (Å²) in [5.74, 6) is 1.13. The van der Waals surface area contributed by atoms with Crippen LogP contribution in [-0.2, 0) is 52.5 Å². The summed E-state index contributed by atoms with van der Waals surface area (Å²) in [6.45, 7) is 4.59. The predicted molar refractivity (Wildman–Crippen MR) is 237 cm³/mol. The van der Waals surface area contributed by atoms with E-state index < -0.39 is 5.92 Å². The van der Waals surface area contributed by atoms with Crippen LogP contribution in [0.3, 0.4) is 0 Å². The van der Waals surface area contributed by atoms with Crippen molar-refractivity contribution < 1.29 is 55.6 Å². The van der Waals surface area contributed by atoms with Crippen LogP contribution < -0.4 is 34.0 Å². The third-order valence-electron chi connectivity index (χ3n) is 7.16. The summed E-state index contributed by atoms with van der Waals surface area (Å²) < 4.78 is 17.5. The van der Waals surface area contributed by atoms with Crippen molar-refractivity contribution in [3.8, 4) is 11.5 Å². The number of ketones is 1. The number of benzene rings is 2. The first-order valence-corrected chi connectivity index (χ1v) is 34.9. The standard InChI is InChI=1S/C18H17ClN2O2.C12H12N2O.C6H8O3.I3.I2.V/c1-13-15(9-10-19)18(22)21-11-5-8-16(17(21)20-13)23-12-14-6-3-2-4-7-14;13-12-11(7-4-8-14-12)15-9-10-5-2-1-3-6-10;1-4(7)5-2-3-9-6(5)8;1-3-2;1-2;/h2-8,11H,9-10,12H2,1H3;1-8H,9H2,(H2,13,14);5H,2-3H2,1H3;;;/q;;;-1;;. The molecule has 17 heteroatoms. The number of carbonyl (C=O) groups excluding carboxylic acids is 2. The molecule has 1 aliphatic heterocycles. The first kappa shape index (κ1) is 50.0. The molecule has 0 bridgehead atoms. The number of hydrogen-bond acceptors (Lipinski definition) is 9. The normalized spacial score (nSPS) is 12.4. The quantitative estimate of drug-likeness (QED) is 0.0783. The smallest absolute Gasteiger partial charge is 0.166 e. The van der Waals surface area contributed by atoms with Crippen molar-refractivity contribution in [1.29, 1.82) is 0 Å². The Bertz CT molecular complexity index is 1880. The van der Waals surface area contributed by atoms with Crippen LogP contribution in [0.2, 0.25) is 0 Å². The molecule has 6 rings (SSSR count). The number of ether oxygens (including phenoxy) is 3. The van der Waals surface area contributed by atoms with Gasteiger partial charge in [0.05, 0.1) is 6.61 Å². The van der Waals surface area contributed by atoms with Crippen molar-refractivity contribution in [2.24, 2.45) is 5.92 Å². The summed E-state index contributed by atoms with van der Waals surface area (Å²) >= 11 is 15.3. The zero-order chi connectivity index (χ0) is 38.3. The van der Waals surface area contributed by atoms with Crippen molar-refractivity contribution >= 4 is 109 Å². The van der Waals surface area contributed by atoms with E-state index in [-0.39, 0.29) is 35.9 Å². The molecular weight excluding hydrogens is 1310 g/mol. The maximum atomic E-state index is 12.6. The molecule has 1 saturated heterocycles. The van der Waals surface area contributed by atoms with Crippen LogP contribution in [0, 0.1) is 12.8 Å². The summed E-state index contributed by atoms with van der Waals surface area (Å²) in [5.41, 5.74) is 9.62. The minimum Gasteiger partial charge on any atom is -0.485 e. The molecule has 4 heterocycles. The molecular formula is C36H37ClI5N4O6V-. The van der Waals surface area contributed by atoms with Crippen LogP contribution >= 0.6 is 86.1 Å². The molecule has 53 heavy (non-hydrogen) atoms. The summed E-state index contributed by atoms with van der Waals surface area (Å²) in [4.78, 5) is 42.2. The summed E-state index contributed by atoms with van der Waals surface area (Å²) in [7, 11) is 0. The molecule has 0 saturated carbocycles. The number of hydrogen-bond donors (Lipinski definition) is 1. The Morgan fingerprint density at radius 3 is 1.96 bits per heavy atom. The molecule has 10 nitrogen and oxygen atoms in total. The van der Waals surface area contributed by atoms with E-state index in [1.165, 1.54) is 11.3 Å². The van der Waals surface area contributed by atoms with Crippen molar-refractivity contribution in [1.82, 2.24) is 14.4 Å². The van der Waals surface area contributed by atoms with Gasteiger partial charge in [0.2, 0.25) is 0 Å². The SMILES string of the molecule is CC(=O)C1CCOC1=O.Cc1nc2c(OCc3ccccc3)cccn2c(=O)c1CCCl.II.I[I-]I.Nc1ncccc1OCc1ccccc1.[V]. The minimum absolute atomic E-state index is 0. The second-order valence-corrected chi connectivity index (χ2v) is 27.2. The topological polar surface area (TPSA) is 135 Å². The van der Waals surface area contributed by atoms with E-state index >= 15 is 0 Å². The number of halogens is 6. The van der Waals surface area contributed by atoms with Gasteiger partial charge in [0.1, 0.15) is 24.9 Å². The maximum absolute atomic E-state index is 12.6. The van der Waals surface area contributed by atoms with Crippen LogP contribution in [0.25, 0.3) is 5.65 Å². The fraction of sp³-hybridized carbons (Fsp3) is 0.250. The van der Waals surface area contributed by atoms with Gasteiger partial charge >= 0.3 is 56.5 Å². The maximum Gasteiger partial charge on any atom is 0.166 e. The van der Waals surface area contributed by atoms with Gasteiger partial charge in [-0.15, -0.1) is 11.6 Å². The Kier molecular flexibility index (Phi) is 27.6. The molecule has 2 aromatic carbocycles. The number of anilines is 1. The number of cyclic esters (lactones) is 1. The third kappa shape index (κ3) is 17.8. The molecule has 0 spiro atoms. The van der Waals surface area contributed by atoms with E-state index in [4.69, 9.17) is 26.8 Å². The van der Waals surface area contributed by atoms with Gasteiger partial charge < -0.3 is 19.9 Å². The number of Topliss-reactive ketones (excluding diaryl/α,β-unsaturated/α-hetero) is 1. The fourth-order valence-electron chi connectivity index (χ4n) is 4.64. The number of fused-ring (bicyclic) bond motifs is 1. The second-order valence-electron chi connectivity index (χ2n) is 10.6. The number of aromatic nitrogens is 3. The molecule has 1 aliphatic rings. The number of aryl methyl sites for hydroxylation is 1. The number of pyridine rings is 2. The van der Waals surface area contributed by atoms with Gasteiger partial charge in [-0.05, 0) is 55.7 Å². The largest absolute Gasteiger partial charge is 0.485 e. The molecule has 1 atom stereocenters. The predicted octanol–water partition coefficient (Wildman–Crippen LogP) is 6.29. The van der Waals surface area contributed by atoms with Crippen LogP contribution in [0.4, 0.5) is 5.82 Å². The number of alkyl halides is 1. The van der Waals surface area contributed by atoms with Gasteiger partial charge in [-0.3, -0.25) is 18.8 Å². The van der Waals surface area contributed by atoms with Crippen LogP contribution in [0.15, 0.2) is 102 Å². The van der Waals surface area contributed by atoms with Crippen LogP contribution in [0.1, 0.15) is 35.7 Å². The van der Waals surface area contributed by atoms with Crippen LogP contribution in [-0.4, -0.2) is 38.6 Å². The number of carbonyl (C=O) groups is 2. The molecule has 285 valence electrons. The zero-order valence-electron chi connectivity index (χ0n) is 28.6. The van der Waals surface area contributed by atoms with Crippen molar-refractivity contribution in [2.45, 2.75) is 39.9 Å². The number of nitrogen functional groups attached to an aromatic ring is 1. The Balaban J connectivity index is 0.000000402. The van der Waals surface area contributed by atoms with Crippen molar-refractivity contribution in [3.63, 3.8) is 0 Å². The average molecular weight is 1340 g/mol. The summed E-state index contributed by atoms with van der Waals surface area (Å²) in [6, 6.07) is 27.1. The monoisotopic (exact) mass is 1340 g/mol. The summed E-state index contributed by atoms with van der Waals surface area (Å²) in [6.07, 6.45) is 4.42. The van der Waals surface area contributed by atoms with Gasteiger partial charge in [-0.1, -0.05) is 60.7 Å². The Labute approximate surface area is 379 Å². The minimum atomic E-state index is -0.468. The van der Waals surface area contributed by atoms with Gasteiger partial charge in [0.25, 0.3) is 5.56 Å². The first-order valence-electron chi connectivity index (χ1n) is 15.5. The summed E-state index contributed by atoms with van der Waals surface area (Å²) in [5, 5.41) is 0. The Morgan fingerprint density at radius 2 is 1.49 bits per heavy atom. The van der Waals surface area contributed by atoms with E-state index in [2.05, 4.69) is 89.2 Å². The molecule has 1 fully saturated rings. The first-order chi connectivity index (χ1) is 25.2. The Hall–Kier alpha value is -0.986. The molecule has 2 N–H and O–H groups in total. The van der Waals surface area contributed by atoms with Gasteiger partial charge in [-0.25, -0.2) is 9.97 Å². The third-order valence-corrected chi connectivity index (χ3v) is 7.35. The number of rotatable bonds is 9. The van der Waals surface area contributed by atoms with Gasteiger partial charge in [0, 0.05) is 91.7 Å². The zero-order valence-corrected chi connectivity index (χ0v) is 41.6. The van der Waals surface area contributed by atoms with E-state index in [0.717, 1.165) is 11.1 Å². The van der Waals surface area contributed by atoms with E-state index in [0.29, 0.717) is 86.0 Å². The van der Waals surface area contributed by atoms with E-state index in [1.807, 2.05) is 79.7 Å². The van der Waals surface area contributed by atoms with Crippen molar-refractivity contribution in [2.75, 3.05) is 18.2 Å². The molecule has 5 aromatic rings.